The van der Waals surface area contributed by atoms with Gasteiger partial charge in [0.25, 0.3) is 5.91 Å². The van der Waals surface area contributed by atoms with Crippen LogP contribution in [0.25, 0.3) is 10.8 Å². The number of hydrogen-bond donors (Lipinski definition) is 2. The van der Waals surface area contributed by atoms with Crippen LogP contribution < -0.4 is 10.6 Å². The minimum atomic E-state index is -0.897. The molecule has 0 heterocycles. The predicted octanol–water partition coefficient (Wildman–Crippen LogP) is 7.02. The van der Waals surface area contributed by atoms with E-state index in [1.165, 1.54) is 0 Å². The lowest BCUT2D eigenvalue weighted by atomic mass is 9.96. The lowest BCUT2D eigenvalue weighted by Crippen LogP contribution is -2.52. The highest BCUT2D eigenvalue weighted by Crippen LogP contribution is 2.29. The Hall–Kier alpha value is -3.52. The summed E-state index contributed by atoms with van der Waals surface area (Å²) in [5, 5.41) is 7.94. The molecule has 3 aromatic carbocycles. The van der Waals surface area contributed by atoms with E-state index in [4.69, 9.17) is 4.74 Å². The minimum absolute atomic E-state index is 0.310. The number of nitrogens with one attached hydrogen (secondary N) is 2. The largest absolute Gasteiger partial charge is 0.444 e. The molecule has 3 aromatic rings. The Morgan fingerprint density at radius 1 is 0.976 bits per heavy atom. The molecule has 2 atom stereocenters. The van der Waals surface area contributed by atoms with Gasteiger partial charge in [-0.25, -0.2) is 4.79 Å². The standard InChI is InChI=1S/C33H43N3O4S/c1-8-18-36(31(38)28(17-19-41-7)35-32(39)40-33(4,5)6)29(27-16-13-22(2)20-23(27)3)30(37)34-26-15-14-24-11-9-10-12-25(24)21-26/h9-16,20-21,28-29H,8,17-19H2,1-7H3,(H,34,37)(H,35,39). The number of aryl methyl sites for hydroxylation is 2. The normalized spacial score (nSPS) is 12.9. The molecule has 0 saturated heterocycles. The number of alkyl carbamates (subject to hydrolysis) is 1. The highest BCUT2D eigenvalue weighted by molar-refractivity contribution is 7.98. The van der Waals surface area contributed by atoms with Crippen molar-refractivity contribution in [2.45, 2.75) is 72.1 Å². The zero-order chi connectivity index (χ0) is 30.2. The van der Waals surface area contributed by atoms with E-state index in [0.29, 0.717) is 30.8 Å². The Kier molecular flexibility index (Phi) is 11.2. The molecule has 0 aliphatic rings. The summed E-state index contributed by atoms with van der Waals surface area (Å²) in [6.07, 6.45) is 2.34. The van der Waals surface area contributed by atoms with Gasteiger partial charge in [0, 0.05) is 12.2 Å². The van der Waals surface area contributed by atoms with Gasteiger partial charge >= 0.3 is 6.09 Å². The monoisotopic (exact) mass is 577 g/mol. The quantitative estimate of drug-likeness (QED) is 0.256. The molecule has 0 aliphatic carbocycles. The van der Waals surface area contributed by atoms with Crippen molar-refractivity contribution in [3.05, 3.63) is 77.4 Å². The average molecular weight is 578 g/mol. The summed E-state index contributed by atoms with van der Waals surface area (Å²) < 4.78 is 5.47. The van der Waals surface area contributed by atoms with E-state index >= 15 is 0 Å². The van der Waals surface area contributed by atoms with E-state index in [9.17, 15) is 14.4 Å². The lowest BCUT2D eigenvalue weighted by molar-refractivity contribution is -0.140. The fraction of sp³-hybridized carbons (Fsp3) is 0.424. The van der Waals surface area contributed by atoms with Crippen LogP contribution in [0.4, 0.5) is 10.5 Å². The number of hydrogen-bond acceptors (Lipinski definition) is 5. The first-order valence-corrected chi connectivity index (χ1v) is 15.5. The first-order chi connectivity index (χ1) is 19.4. The maximum Gasteiger partial charge on any atom is 0.408 e. The Labute approximate surface area is 248 Å². The zero-order valence-electron chi connectivity index (χ0n) is 25.2. The van der Waals surface area contributed by atoms with Gasteiger partial charge in [-0.05, 0) is 93.5 Å². The van der Waals surface area contributed by atoms with Crippen molar-refractivity contribution in [3.8, 4) is 0 Å². The number of carbonyl (C=O) groups is 3. The summed E-state index contributed by atoms with van der Waals surface area (Å²) in [6.45, 7) is 11.6. The molecule has 3 rings (SSSR count). The van der Waals surface area contributed by atoms with Crippen molar-refractivity contribution in [1.82, 2.24) is 10.2 Å². The average Bonchev–Trinajstić information content (AvgIpc) is 2.90. The molecule has 8 heteroatoms. The van der Waals surface area contributed by atoms with Crippen LogP contribution in [0, 0.1) is 13.8 Å². The molecule has 0 bridgehead atoms. The summed E-state index contributed by atoms with van der Waals surface area (Å²) in [5.74, 6) is 0.0317. The van der Waals surface area contributed by atoms with Crippen molar-refractivity contribution in [3.63, 3.8) is 0 Å². The molecule has 41 heavy (non-hydrogen) atoms. The molecule has 2 N–H and O–H groups in total. The minimum Gasteiger partial charge on any atom is -0.444 e. The molecule has 3 amide bonds. The highest BCUT2D eigenvalue weighted by Gasteiger charge is 2.36. The van der Waals surface area contributed by atoms with Crippen molar-refractivity contribution in [2.75, 3.05) is 23.9 Å². The van der Waals surface area contributed by atoms with Crippen LogP contribution in [0.3, 0.4) is 0 Å². The van der Waals surface area contributed by atoms with Crippen LogP contribution in [-0.2, 0) is 14.3 Å². The van der Waals surface area contributed by atoms with Crippen LogP contribution >= 0.6 is 11.8 Å². The number of ether oxygens (including phenoxy) is 1. The maximum atomic E-state index is 14.2. The van der Waals surface area contributed by atoms with E-state index in [2.05, 4.69) is 10.6 Å². The van der Waals surface area contributed by atoms with Gasteiger partial charge in [-0.1, -0.05) is 61.0 Å². The highest BCUT2D eigenvalue weighted by atomic mass is 32.2. The summed E-state index contributed by atoms with van der Waals surface area (Å²) >= 11 is 1.59. The second-order valence-corrected chi connectivity index (χ2v) is 12.3. The summed E-state index contributed by atoms with van der Waals surface area (Å²) in [4.78, 5) is 42.7. The number of anilines is 1. The van der Waals surface area contributed by atoms with Crippen molar-refractivity contribution in [1.29, 1.82) is 0 Å². The van der Waals surface area contributed by atoms with E-state index in [0.717, 1.165) is 27.5 Å². The Bertz CT molecular complexity index is 1370. The molecule has 2 unspecified atom stereocenters. The molecule has 220 valence electrons. The smallest absolute Gasteiger partial charge is 0.408 e. The molecule has 7 nitrogen and oxygen atoms in total. The second kappa shape index (κ2) is 14.4. The Morgan fingerprint density at radius 3 is 2.32 bits per heavy atom. The van der Waals surface area contributed by atoms with Crippen LogP contribution in [0.15, 0.2) is 60.7 Å². The Morgan fingerprint density at radius 2 is 1.68 bits per heavy atom. The Balaban J connectivity index is 2.02. The third kappa shape index (κ3) is 8.98. The summed E-state index contributed by atoms with van der Waals surface area (Å²) in [5.41, 5.74) is 2.67. The lowest BCUT2D eigenvalue weighted by Gasteiger charge is -2.35. The maximum absolute atomic E-state index is 14.2. The molecule has 0 fully saturated rings. The number of fused-ring (bicyclic) bond motifs is 1. The van der Waals surface area contributed by atoms with Gasteiger partial charge in [0.05, 0.1) is 0 Å². The van der Waals surface area contributed by atoms with E-state index in [-0.39, 0.29) is 11.8 Å². The number of nitrogens with zero attached hydrogens (tertiary/aromatic N) is 1. The van der Waals surface area contributed by atoms with Gasteiger partial charge in [-0.2, -0.15) is 11.8 Å². The van der Waals surface area contributed by atoms with Gasteiger partial charge in [0.1, 0.15) is 17.7 Å². The summed E-state index contributed by atoms with van der Waals surface area (Å²) in [7, 11) is 0. The number of benzene rings is 3. The van der Waals surface area contributed by atoms with Gasteiger partial charge in [-0.3, -0.25) is 9.59 Å². The number of rotatable bonds is 11. The SMILES string of the molecule is CCCN(C(=O)C(CCSC)NC(=O)OC(C)(C)C)C(C(=O)Nc1ccc2ccccc2c1)c1ccc(C)cc1C. The van der Waals surface area contributed by atoms with Gasteiger partial charge < -0.3 is 20.3 Å². The van der Waals surface area contributed by atoms with E-state index < -0.39 is 23.8 Å². The zero-order valence-corrected chi connectivity index (χ0v) is 26.1. The van der Waals surface area contributed by atoms with Gasteiger partial charge in [0.2, 0.25) is 5.91 Å². The molecule has 0 spiro atoms. The van der Waals surface area contributed by atoms with E-state index in [1.54, 1.807) is 37.4 Å². The molecule has 0 radical (unpaired) electrons. The van der Waals surface area contributed by atoms with Crippen LogP contribution in [-0.4, -0.2) is 53.0 Å². The second-order valence-electron chi connectivity index (χ2n) is 11.3. The van der Waals surface area contributed by atoms with Crippen LogP contribution in [0.1, 0.15) is 63.3 Å². The van der Waals surface area contributed by atoms with Crippen molar-refractivity contribution in [2.24, 2.45) is 0 Å². The predicted molar refractivity (Wildman–Crippen MR) is 169 cm³/mol. The first kappa shape index (κ1) is 32.0. The van der Waals surface area contributed by atoms with Crippen molar-refractivity contribution < 1.29 is 19.1 Å². The number of thioether (sulfide) groups is 1. The molecule has 0 aliphatic heterocycles. The molecular weight excluding hydrogens is 534 g/mol. The van der Waals surface area contributed by atoms with Crippen LogP contribution in [0.5, 0.6) is 0 Å². The fourth-order valence-electron chi connectivity index (χ4n) is 4.81. The van der Waals surface area contributed by atoms with Gasteiger partial charge in [0.15, 0.2) is 0 Å². The van der Waals surface area contributed by atoms with Crippen molar-refractivity contribution >= 4 is 46.1 Å². The van der Waals surface area contributed by atoms with E-state index in [1.807, 2.05) is 87.7 Å². The number of carbonyl (C=O) groups excluding carboxylic acids is 3. The fourth-order valence-corrected chi connectivity index (χ4v) is 5.28. The third-order valence-electron chi connectivity index (χ3n) is 6.64. The first-order valence-electron chi connectivity index (χ1n) is 14.1. The number of amides is 3. The molecular formula is C33H43N3O4S. The van der Waals surface area contributed by atoms with Crippen LogP contribution in [0.2, 0.25) is 0 Å². The summed E-state index contributed by atoms with van der Waals surface area (Å²) in [6, 6.07) is 17.9. The topological polar surface area (TPSA) is 87.7 Å². The molecule has 0 aromatic heterocycles. The molecule has 0 saturated carbocycles. The third-order valence-corrected chi connectivity index (χ3v) is 7.29. The van der Waals surface area contributed by atoms with Gasteiger partial charge in [-0.15, -0.1) is 0 Å².